The summed E-state index contributed by atoms with van der Waals surface area (Å²) in [5.74, 6) is 0.869. The van der Waals surface area contributed by atoms with Crippen LogP contribution < -0.4 is 0 Å². The Labute approximate surface area is 160 Å². The molecule has 0 atom stereocenters. The van der Waals surface area contributed by atoms with Crippen LogP contribution in [0, 0.1) is 6.92 Å². The van der Waals surface area contributed by atoms with Crippen LogP contribution in [-0.4, -0.2) is 20.0 Å². The molecule has 0 saturated heterocycles. The number of rotatable bonds is 4. The Bertz CT molecular complexity index is 1110. The first-order valence-electron chi connectivity index (χ1n) is 7.87. The Hall–Kier alpha value is -2.33. The van der Waals surface area contributed by atoms with Crippen LogP contribution in [0.4, 0.5) is 13.2 Å². The van der Waals surface area contributed by atoms with Gasteiger partial charge in [0.05, 0.1) is 4.88 Å². The van der Waals surface area contributed by atoms with Crippen molar-refractivity contribution >= 4 is 33.3 Å². The van der Waals surface area contributed by atoms with E-state index in [0.29, 0.717) is 20.7 Å². The standard InChI is InChI=1S/C17H13F3N4OS2/c1-9-4-3-5-10(6-9)8-26-16-22-21-14(25-16)12-7-11-13(17(18,19)20)23-24(2)15(11)27-12/h3-7H,8H2,1-2H3. The summed E-state index contributed by atoms with van der Waals surface area (Å²) in [4.78, 5) is 0.892. The van der Waals surface area contributed by atoms with E-state index < -0.39 is 11.9 Å². The number of hydrogen-bond acceptors (Lipinski definition) is 6. The van der Waals surface area contributed by atoms with Gasteiger partial charge in [0, 0.05) is 18.2 Å². The van der Waals surface area contributed by atoms with Crippen molar-refractivity contribution in [2.24, 2.45) is 7.05 Å². The van der Waals surface area contributed by atoms with E-state index in [0.717, 1.165) is 16.9 Å². The molecule has 3 heterocycles. The predicted molar refractivity (Wildman–Crippen MR) is 97.6 cm³/mol. The van der Waals surface area contributed by atoms with E-state index in [1.165, 1.54) is 35.1 Å². The van der Waals surface area contributed by atoms with E-state index in [1.54, 1.807) is 0 Å². The lowest BCUT2D eigenvalue weighted by Crippen LogP contribution is -2.07. The Morgan fingerprint density at radius 1 is 1.22 bits per heavy atom. The number of hydrogen-bond donors (Lipinski definition) is 0. The summed E-state index contributed by atoms with van der Waals surface area (Å²) in [6.45, 7) is 2.02. The van der Waals surface area contributed by atoms with Gasteiger partial charge in [-0.15, -0.1) is 21.5 Å². The highest BCUT2D eigenvalue weighted by molar-refractivity contribution is 7.98. The molecule has 3 aromatic heterocycles. The summed E-state index contributed by atoms with van der Waals surface area (Å²) < 4.78 is 46.2. The number of halogens is 3. The summed E-state index contributed by atoms with van der Waals surface area (Å²) in [5, 5.41) is 11.9. The monoisotopic (exact) mass is 410 g/mol. The van der Waals surface area contributed by atoms with Gasteiger partial charge in [0.15, 0.2) is 5.69 Å². The van der Waals surface area contributed by atoms with Gasteiger partial charge in [-0.05, 0) is 18.6 Å². The van der Waals surface area contributed by atoms with Gasteiger partial charge in [0.25, 0.3) is 11.1 Å². The van der Waals surface area contributed by atoms with E-state index in [1.807, 2.05) is 25.1 Å². The first-order chi connectivity index (χ1) is 12.8. The number of alkyl halides is 3. The fraction of sp³-hybridized carbons (Fsp3) is 0.235. The smallest absolute Gasteiger partial charge is 0.410 e. The topological polar surface area (TPSA) is 56.7 Å². The second-order valence-electron chi connectivity index (χ2n) is 5.95. The number of benzene rings is 1. The van der Waals surface area contributed by atoms with Crippen molar-refractivity contribution in [1.29, 1.82) is 0 Å². The number of nitrogens with zero attached hydrogens (tertiary/aromatic N) is 4. The van der Waals surface area contributed by atoms with Gasteiger partial charge < -0.3 is 4.42 Å². The van der Waals surface area contributed by atoms with Gasteiger partial charge in [-0.1, -0.05) is 41.6 Å². The minimum atomic E-state index is -4.51. The third-order valence-electron chi connectivity index (χ3n) is 3.84. The lowest BCUT2D eigenvalue weighted by atomic mass is 10.2. The fourth-order valence-electron chi connectivity index (χ4n) is 2.67. The van der Waals surface area contributed by atoms with E-state index in [2.05, 4.69) is 21.4 Å². The van der Waals surface area contributed by atoms with Crippen molar-refractivity contribution in [1.82, 2.24) is 20.0 Å². The number of aromatic nitrogens is 4. The van der Waals surface area contributed by atoms with Crippen molar-refractivity contribution < 1.29 is 17.6 Å². The van der Waals surface area contributed by atoms with Gasteiger partial charge in [-0.25, -0.2) is 0 Å². The van der Waals surface area contributed by atoms with E-state index >= 15 is 0 Å². The quantitative estimate of drug-likeness (QED) is 0.427. The fourth-order valence-corrected chi connectivity index (χ4v) is 4.37. The molecule has 0 spiro atoms. The SMILES string of the molecule is Cc1cccc(CSc2nnc(-c3cc4c(C(F)(F)F)nn(C)c4s3)o2)c1. The van der Waals surface area contributed by atoms with Crippen LogP contribution in [0.3, 0.4) is 0 Å². The zero-order chi connectivity index (χ0) is 19.2. The molecule has 0 saturated carbocycles. The maximum absolute atomic E-state index is 13.1. The molecular formula is C17H13F3N4OS2. The molecule has 1 aromatic carbocycles. The second-order valence-corrected chi connectivity index (χ2v) is 7.91. The van der Waals surface area contributed by atoms with Crippen LogP contribution in [0.2, 0.25) is 0 Å². The second kappa shape index (κ2) is 6.68. The van der Waals surface area contributed by atoms with Crippen molar-refractivity contribution in [3.8, 4) is 10.8 Å². The molecule has 4 aromatic rings. The lowest BCUT2D eigenvalue weighted by Gasteiger charge is -2.00. The third-order valence-corrected chi connectivity index (χ3v) is 5.92. The highest BCUT2D eigenvalue weighted by atomic mass is 32.2. The summed E-state index contributed by atoms with van der Waals surface area (Å²) in [5.41, 5.74) is 1.39. The normalized spacial score (nSPS) is 12.2. The van der Waals surface area contributed by atoms with Crippen LogP contribution in [-0.2, 0) is 19.0 Å². The van der Waals surface area contributed by atoms with E-state index in [4.69, 9.17) is 4.42 Å². The molecule has 10 heteroatoms. The molecule has 0 aliphatic heterocycles. The summed E-state index contributed by atoms with van der Waals surface area (Å²) in [7, 11) is 1.48. The van der Waals surface area contributed by atoms with Crippen molar-refractivity contribution in [2.45, 2.75) is 24.1 Å². The third kappa shape index (κ3) is 3.59. The first kappa shape index (κ1) is 18.1. The highest BCUT2D eigenvalue weighted by Crippen LogP contribution is 2.40. The van der Waals surface area contributed by atoms with Crippen molar-refractivity contribution in [2.75, 3.05) is 0 Å². The van der Waals surface area contributed by atoms with Crippen LogP contribution in [0.5, 0.6) is 0 Å². The van der Waals surface area contributed by atoms with Crippen LogP contribution >= 0.6 is 23.1 Å². The van der Waals surface area contributed by atoms with Crippen molar-refractivity contribution in [3.63, 3.8) is 0 Å². The zero-order valence-electron chi connectivity index (χ0n) is 14.2. The summed E-state index contributed by atoms with van der Waals surface area (Å²) in [6, 6.07) is 9.48. The van der Waals surface area contributed by atoms with Gasteiger partial charge in [0.2, 0.25) is 0 Å². The van der Waals surface area contributed by atoms with Crippen LogP contribution in [0.1, 0.15) is 16.8 Å². The Kier molecular flexibility index (Phi) is 4.47. The van der Waals surface area contributed by atoms with Crippen molar-refractivity contribution in [3.05, 3.63) is 47.2 Å². The average Bonchev–Trinajstić information content (AvgIpc) is 3.28. The maximum Gasteiger partial charge on any atom is 0.435 e. The molecule has 0 N–H and O–H groups in total. The minimum absolute atomic E-state index is 0.0390. The van der Waals surface area contributed by atoms with E-state index in [-0.39, 0.29) is 11.3 Å². The highest BCUT2D eigenvalue weighted by Gasteiger charge is 2.37. The number of thiophene rings is 1. The predicted octanol–water partition coefficient (Wildman–Crippen LogP) is 5.30. The Balaban J connectivity index is 1.58. The molecule has 5 nitrogen and oxygen atoms in total. The minimum Gasteiger partial charge on any atom is -0.410 e. The molecule has 0 radical (unpaired) electrons. The Morgan fingerprint density at radius 3 is 2.78 bits per heavy atom. The molecule has 0 aliphatic rings. The molecule has 0 unspecified atom stereocenters. The van der Waals surface area contributed by atoms with E-state index in [9.17, 15) is 13.2 Å². The summed E-state index contributed by atoms with van der Waals surface area (Å²) >= 11 is 2.52. The van der Waals surface area contributed by atoms with Crippen LogP contribution in [0.15, 0.2) is 40.0 Å². The van der Waals surface area contributed by atoms with Gasteiger partial charge >= 0.3 is 6.18 Å². The number of thioether (sulfide) groups is 1. The molecular weight excluding hydrogens is 397 g/mol. The molecule has 0 bridgehead atoms. The number of fused-ring (bicyclic) bond motifs is 1. The van der Waals surface area contributed by atoms with Gasteiger partial charge in [-0.2, -0.15) is 18.3 Å². The largest absolute Gasteiger partial charge is 0.435 e. The molecule has 0 fully saturated rings. The van der Waals surface area contributed by atoms with Gasteiger partial charge in [0.1, 0.15) is 4.83 Å². The average molecular weight is 410 g/mol. The Morgan fingerprint density at radius 2 is 2.04 bits per heavy atom. The molecule has 0 aliphatic carbocycles. The molecule has 27 heavy (non-hydrogen) atoms. The van der Waals surface area contributed by atoms with Gasteiger partial charge in [-0.3, -0.25) is 4.68 Å². The maximum atomic E-state index is 13.1. The molecule has 140 valence electrons. The zero-order valence-corrected chi connectivity index (χ0v) is 15.9. The first-order valence-corrected chi connectivity index (χ1v) is 9.67. The summed E-state index contributed by atoms with van der Waals surface area (Å²) in [6.07, 6.45) is -4.51. The lowest BCUT2D eigenvalue weighted by molar-refractivity contribution is -0.140. The number of aryl methyl sites for hydroxylation is 2. The molecule has 0 amide bonds. The molecule has 4 rings (SSSR count). The van der Waals surface area contributed by atoms with Crippen LogP contribution in [0.25, 0.3) is 21.0 Å².